The third-order valence-electron chi connectivity index (χ3n) is 3.22. The van der Waals surface area contributed by atoms with E-state index in [1.165, 1.54) is 10.3 Å². The number of fused-ring (bicyclic) bond motifs is 2. The maximum absolute atomic E-state index is 8.12. The molecule has 0 atom stereocenters. The Kier molecular flexibility index (Phi) is 20.2. The van der Waals surface area contributed by atoms with Crippen LogP contribution < -0.4 is 18.9 Å². The van der Waals surface area contributed by atoms with Crippen molar-refractivity contribution >= 4 is 102 Å². The molecule has 2 heterocycles. The van der Waals surface area contributed by atoms with E-state index in [4.69, 9.17) is 65.6 Å². The SMILES string of the molecule is Cc1cc2ccc(Cl)c(Cl)c2s1.Clc1ccc2ccsc2c1Cl.O.O=C=O.O=C=O.[Li+].[OH-]. The van der Waals surface area contributed by atoms with E-state index in [1.807, 2.05) is 35.7 Å². The molecule has 0 saturated carbocycles. The van der Waals surface area contributed by atoms with Gasteiger partial charge in [0.05, 0.1) is 29.5 Å². The van der Waals surface area contributed by atoms with E-state index >= 15 is 0 Å². The van der Waals surface area contributed by atoms with E-state index in [0.29, 0.717) is 20.1 Å². The van der Waals surface area contributed by atoms with Crippen LogP contribution in [0.4, 0.5) is 0 Å². The van der Waals surface area contributed by atoms with Gasteiger partial charge in [-0.25, -0.2) is 0 Å². The summed E-state index contributed by atoms with van der Waals surface area (Å²) in [6.07, 6.45) is 0.500. The van der Waals surface area contributed by atoms with Crippen molar-refractivity contribution in [3.8, 4) is 0 Å². The molecule has 0 amide bonds. The monoisotopic (exact) mass is 548 g/mol. The molecule has 32 heavy (non-hydrogen) atoms. The number of halogens is 4. The number of hydrogen-bond acceptors (Lipinski definition) is 7. The summed E-state index contributed by atoms with van der Waals surface area (Å²) in [5, 5.41) is 6.93. The van der Waals surface area contributed by atoms with Crippen LogP contribution in [0.25, 0.3) is 20.2 Å². The quantitative estimate of drug-likeness (QED) is 0.309. The van der Waals surface area contributed by atoms with Gasteiger partial charge in [0, 0.05) is 4.88 Å². The normalized spacial score (nSPS) is 8.28. The fraction of sp³-hybridized carbons (Fsp3) is 0.0526. The number of thiophene rings is 2. The molecule has 6 nitrogen and oxygen atoms in total. The Morgan fingerprint density at radius 3 is 1.69 bits per heavy atom. The Labute approximate surface area is 222 Å². The van der Waals surface area contributed by atoms with Gasteiger partial charge in [-0.2, -0.15) is 19.2 Å². The Morgan fingerprint density at radius 2 is 1.19 bits per heavy atom. The molecule has 13 heteroatoms. The first kappa shape index (κ1) is 35.4. The zero-order chi connectivity index (χ0) is 22.0. The number of aryl methyl sites for hydroxylation is 1. The molecule has 3 N–H and O–H groups in total. The van der Waals surface area contributed by atoms with E-state index in [9.17, 15) is 0 Å². The zero-order valence-electron chi connectivity index (χ0n) is 16.5. The Morgan fingerprint density at radius 1 is 0.750 bits per heavy atom. The van der Waals surface area contributed by atoms with Crippen molar-refractivity contribution in [2.24, 2.45) is 0 Å². The zero-order valence-corrected chi connectivity index (χ0v) is 21.1. The molecule has 2 aromatic heterocycles. The smallest absolute Gasteiger partial charge is 0.870 e. The van der Waals surface area contributed by atoms with Crippen LogP contribution in [0, 0.1) is 6.92 Å². The molecule has 0 aliphatic carbocycles. The molecule has 0 aliphatic rings. The van der Waals surface area contributed by atoms with Gasteiger partial charge >= 0.3 is 31.2 Å². The summed E-state index contributed by atoms with van der Waals surface area (Å²) in [7, 11) is 0. The molecule has 4 rings (SSSR count). The van der Waals surface area contributed by atoms with Crippen molar-refractivity contribution in [1.29, 1.82) is 0 Å². The Balaban J connectivity index is -0.000000394. The van der Waals surface area contributed by atoms with Crippen molar-refractivity contribution < 1.29 is 49.0 Å². The third kappa shape index (κ3) is 10.2. The molecule has 0 radical (unpaired) electrons. The largest absolute Gasteiger partial charge is 1.00 e. The second kappa shape index (κ2) is 18.2. The van der Waals surface area contributed by atoms with Crippen molar-refractivity contribution in [2.45, 2.75) is 6.92 Å². The minimum Gasteiger partial charge on any atom is -0.870 e. The van der Waals surface area contributed by atoms with Gasteiger partial charge in [-0.1, -0.05) is 58.5 Å². The van der Waals surface area contributed by atoms with Crippen LogP contribution in [0.15, 0.2) is 41.8 Å². The summed E-state index contributed by atoms with van der Waals surface area (Å²) in [5.74, 6) is 0. The van der Waals surface area contributed by atoms with Crippen LogP contribution in [-0.2, 0) is 19.2 Å². The Hall–Kier alpha value is -1.20. The second-order valence-electron chi connectivity index (χ2n) is 5.00. The van der Waals surface area contributed by atoms with E-state index in [1.54, 1.807) is 22.7 Å². The molecule has 0 saturated heterocycles. The van der Waals surface area contributed by atoms with Crippen molar-refractivity contribution in [3.05, 3.63) is 66.7 Å². The molecule has 0 spiro atoms. The molecular weight excluding hydrogens is 537 g/mol. The van der Waals surface area contributed by atoms with Gasteiger partial charge in [-0.15, -0.1) is 22.7 Å². The molecule has 0 aliphatic heterocycles. The van der Waals surface area contributed by atoms with Gasteiger partial charge in [-0.05, 0) is 47.3 Å². The summed E-state index contributed by atoms with van der Waals surface area (Å²) < 4.78 is 2.15. The van der Waals surface area contributed by atoms with Crippen molar-refractivity contribution in [1.82, 2.24) is 0 Å². The summed E-state index contributed by atoms with van der Waals surface area (Å²) in [6.45, 7) is 2.06. The standard InChI is InChI=1S/C9H6Cl2S.C8H4Cl2S.2CO2.Li.2H2O/c1-5-4-6-2-3-7(10)8(11)9(6)12-5;9-6-2-1-5-3-4-11-8(5)7(6)10;2*2-1-3;;;/h2-4H,1H3;1-4H;;;;2*1H2/q;;;;+1;;/p-1. The van der Waals surface area contributed by atoms with Crippen LogP contribution in [0.5, 0.6) is 0 Å². The van der Waals surface area contributed by atoms with Gasteiger partial charge in [0.1, 0.15) is 0 Å². The summed E-state index contributed by atoms with van der Waals surface area (Å²) >= 11 is 26.9. The van der Waals surface area contributed by atoms with Crippen LogP contribution in [0.2, 0.25) is 20.1 Å². The molecule has 4 aromatic rings. The molecule has 0 bridgehead atoms. The van der Waals surface area contributed by atoms with E-state index < -0.39 is 0 Å². The van der Waals surface area contributed by atoms with Crippen LogP contribution >= 0.6 is 69.1 Å². The predicted molar refractivity (Wildman–Crippen MR) is 124 cm³/mol. The van der Waals surface area contributed by atoms with Gasteiger partial charge < -0.3 is 11.0 Å². The maximum atomic E-state index is 8.12. The fourth-order valence-corrected chi connectivity index (χ4v) is 4.96. The fourth-order valence-electron chi connectivity index (χ4n) is 2.15. The molecular formula is C19H13Cl4LiO6S2. The molecule has 2 aromatic carbocycles. The average Bonchev–Trinajstić information content (AvgIpc) is 3.30. The number of hydrogen-bond donors (Lipinski definition) is 0. The first-order valence-electron chi connectivity index (χ1n) is 7.44. The molecule has 166 valence electrons. The first-order valence-corrected chi connectivity index (χ1v) is 10.6. The van der Waals surface area contributed by atoms with Crippen LogP contribution in [-0.4, -0.2) is 23.3 Å². The van der Waals surface area contributed by atoms with Crippen LogP contribution in [0.3, 0.4) is 0 Å². The summed E-state index contributed by atoms with van der Waals surface area (Å²) in [6, 6.07) is 11.8. The first-order chi connectivity index (χ1) is 13.8. The number of rotatable bonds is 0. The number of carbonyl (C=O) groups excluding carboxylic acids is 4. The van der Waals surface area contributed by atoms with Gasteiger partial charge in [0.25, 0.3) is 0 Å². The minimum atomic E-state index is 0. The van der Waals surface area contributed by atoms with Crippen molar-refractivity contribution in [3.63, 3.8) is 0 Å². The average molecular weight is 550 g/mol. The maximum Gasteiger partial charge on any atom is 1.00 e. The minimum absolute atomic E-state index is 0. The number of benzene rings is 2. The van der Waals surface area contributed by atoms with Gasteiger partial charge in [0.2, 0.25) is 0 Å². The third-order valence-corrected chi connectivity index (χ3v) is 7.08. The van der Waals surface area contributed by atoms with E-state index in [0.717, 1.165) is 14.8 Å². The van der Waals surface area contributed by atoms with Crippen molar-refractivity contribution in [2.75, 3.05) is 0 Å². The molecule has 0 unspecified atom stereocenters. The van der Waals surface area contributed by atoms with E-state index in [2.05, 4.69) is 13.0 Å². The summed E-state index contributed by atoms with van der Waals surface area (Å²) in [5.41, 5.74) is 0. The van der Waals surface area contributed by atoms with Gasteiger partial charge in [-0.3, -0.25) is 0 Å². The van der Waals surface area contributed by atoms with Crippen LogP contribution in [0.1, 0.15) is 4.88 Å². The predicted octanol–water partition coefficient (Wildman–Crippen LogP) is 3.56. The Bertz CT molecular complexity index is 1170. The topological polar surface area (TPSA) is 130 Å². The molecule has 0 fully saturated rings. The van der Waals surface area contributed by atoms with Gasteiger partial charge in [0.15, 0.2) is 0 Å². The van der Waals surface area contributed by atoms with E-state index in [-0.39, 0.29) is 42.1 Å². The second-order valence-corrected chi connectivity index (χ2v) is 8.75. The summed E-state index contributed by atoms with van der Waals surface area (Å²) in [4.78, 5) is 33.8.